The third kappa shape index (κ3) is 1.74. The lowest BCUT2D eigenvalue weighted by molar-refractivity contribution is 0.0520. The van der Waals surface area contributed by atoms with E-state index in [-0.39, 0.29) is 0 Å². The third-order valence-corrected chi connectivity index (χ3v) is 3.72. The van der Waals surface area contributed by atoms with Gasteiger partial charge in [-0.1, -0.05) is 24.3 Å². The lowest BCUT2D eigenvalue weighted by Gasteiger charge is -2.01. The number of nitrogens with zero attached hydrogens (tertiary/aromatic N) is 3. The van der Waals surface area contributed by atoms with E-state index in [0.717, 1.165) is 23.4 Å². The molecule has 2 heterocycles. The zero-order valence-corrected chi connectivity index (χ0v) is 11.5. The van der Waals surface area contributed by atoms with Crippen molar-refractivity contribution in [3.8, 4) is 11.3 Å². The summed E-state index contributed by atoms with van der Waals surface area (Å²) in [5.74, 6) is -0.398. The van der Waals surface area contributed by atoms with E-state index in [4.69, 9.17) is 4.74 Å². The Hall–Kier alpha value is -2.69. The zero-order chi connectivity index (χ0) is 14.4. The molecule has 104 valence electrons. The molecule has 1 aliphatic carbocycles. The number of rotatable bonds is 2. The highest BCUT2D eigenvalue weighted by Crippen LogP contribution is 2.34. The van der Waals surface area contributed by atoms with Crippen LogP contribution in [0, 0.1) is 0 Å². The molecule has 4 rings (SSSR count). The van der Waals surface area contributed by atoms with Gasteiger partial charge in [0.15, 0.2) is 11.3 Å². The fourth-order valence-corrected chi connectivity index (χ4v) is 2.80. The van der Waals surface area contributed by atoms with Gasteiger partial charge < -0.3 is 4.74 Å². The van der Waals surface area contributed by atoms with Crippen LogP contribution in [0.5, 0.6) is 0 Å². The molecule has 0 amide bonds. The Bertz CT molecular complexity index is 867. The molecular weight excluding hydrogens is 266 g/mol. The van der Waals surface area contributed by atoms with Crippen molar-refractivity contribution < 1.29 is 9.53 Å². The number of carbonyl (C=O) groups is 1. The van der Waals surface area contributed by atoms with Crippen molar-refractivity contribution in [2.45, 2.75) is 13.3 Å². The quantitative estimate of drug-likeness (QED) is 0.529. The fraction of sp³-hybridized carbons (Fsp3) is 0.188. The second-order valence-corrected chi connectivity index (χ2v) is 4.96. The highest BCUT2D eigenvalue weighted by atomic mass is 16.5. The van der Waals surface area contributed by atoms with E-state index in [1.807, 2.05) is 16.5 Å². The molecule has 5 nitrogen and oxygen atoms in total. The highest BCUT2D eigenvalue weighted by molar-refractivity contribution is 5.88. The molecule has 0 saturated heterocycles. The Balaban J connectivity index is 1.88. The van der Waals surface area contributed by atoms with Crippen LogP contribution in [0.1, 0.15) is 28.7 Å². The maximum atomic E-state index is 11.8. The molecule has 3 aromatic rings. The monoisotopic (exact) mass is 279 g/mol. The second-order valence-electron chi connectivity index (χ2n) is 4.96. The molecule has 0 N–H and O–H groups in total. The van der Waals surface area contributed by atoms with Crippen LogP contribution in [0.2, 0.25) is 0 Å². The first-order valence-electron chi connectivity index (χ1n) is 6.90. The van der Waals surface area contributed by atoms with Crippen LogP contribution >= 0.6 is 0 Å². The van der Waals surface area contributed by atoms with Crippen molar-refractivity contribution >= 4 is 11.6 Å². The van der Waals surface area contributed by atoms with E-state index in [1.165, 1.54) is 5.56 Å². The molecule has 0 bridgehead atoms. The van der Waals surface area contributed by atoms with Gasteiger partial charge in [-0.3, -0.25) is 9.38 Å². The lowest BCUT2D eigenvalue weighted by atomic mass is 10.1. The van der Waals surface area contributed by atoms with E-state index >= 15 is 0 Å². The summed E-state index contributed by atoms with van der Waals surface area (Å²) < 4.78 is 6.94. The van der Waals surface area contributed by atoms with Gasteiger partial charge in [0.1, 0.15) is 0 Å². The van der Waals surface area contributed by atoms with Gasteiger partial charge in [0, 0.05) is 18.2 Å². The number of hydrogen-bond donors (Lipinski definition) is 0. The van der Waals surface area contributed by atoms with Crippen LogP contribution in [-0.4, -0.2) is 26.9 Å². The highest BCUT2D eigenvalue weighted by Gasteiger charge is 2.23. The average molecular weight is 279 g/mol. The predicted octanol–water partition coefficient (Wildman–Crippen LogP) is 2.48. The zero-order valence-electron chi connectivity index (χ0n) is 11.5. The Labute approximate surface area is 121 Å². The molecule has 1 aliphatic rings. The van der Waals surface area contributed by atoms with Gasteiger partial charge in [0.2, 0.25) is 0 Å². The van der Waals surface area contributed by atoms with Gasteiger partial charge in [0.25, 0.3) is 0 Å². The van der Waals surface area contributed by atoms with Crippen LogP contribution in [0.3, 0.4) is 0 Å². The van der Waals surface area contributed by atoms with Crippen LogP contribution < -0.4 is 0 Å². The van der Waals surface area contributed by atoms with Crippen molar-refractivity contribution in [3.63, 3.8) is 0 Å². The van der Waals surface area contributed by atoms with E-state index in [0.29, 0.717) is 17.9 Å². The molecule has 0 radical (unpaired) electrons. The van der Waals surface area contributed by atoms with Gasteiger partial charge >= 0.3 is 5.97 Å². The Morgan fingerprint density at radius 1 is 1.38 bits per heavy atom. The predicted molar refractivity (Wildman–Crippen MR) is 77.2 cm³/mol. The summed E-state index contributed by atoms with van der Waals surface area (Å²) >= 11 is 0. The molecule has 0 fully saturated rings. The number of fused-ring (bicyclic) bond motifs is 5. The normalized spacial score (nSPS) is 12.2. The topological polar surface area (TPSA) is 56.5 Å². The maximum Gasteiger partial charge on any atom is 0.358 e. The van der Waals surface area contributed by atoms with E-state index in [9.17, 15) is 4.79 Å². The Morgan fingerprint density at radius 2 is 2.24 bits per heavy atom. The van der Waals surface area contributed by atoms with Gasteiger partial charge in [-0.2, -0.15) is 0 Å². The molecule has 0 atom stereocenters. The van der Waals surface area contributed by atoms with Gasteiger partial charge in [-0.15, -0.1) is 0 Å². The van der Waals surface area contributed by atoms with Crippen LogP contribution in [0.4, 0.5) is 0 Å². The summed E-state index contributed by atoms with van der Waals surface area (Å²) in [5.41, 5.74) is 5.43. The van der Waals surface area contributed by atoms with E-state index < -0.39 is 5.97 Å². The van der Waals surface area contributed by atoms with Crippen molar-refractivity contribution in [1.82, 2.24) is 14.4 Å². The number of esters is 1. The first kappa shape index (κ1) is 12.1. The second kappa shape index (κ2) is 4.41. The van der Waals surface area contributed by atoms with Gasteiger partial charge in [0.05, 0.1) is 24.2 Å². The Kier molecular flexibility index (Phi) is 2.54. The van der Waals surface area contributed by atoms with Crippen molar-refractivity contribution in [2.24, 2.45) is 0 Å². The minimum Gasteiger partial charge on any atom is -0.461 e. The molecular formula is C16H13N3O2. The van der Waals surface area contributed by atoms with Crippen LogP contribution in [-0.2, 0) is 11.2 Å². The number of benzene rings is 1. The summed E-state index contributed by atoms with van der Waals surface area (Å²) in [5, 5.41) is 0. The van der Waals surface area contributed by atoms with Gasteiger partial charge in [-0.25, -0.2) is 9.78 Å². The molecule has 0 spiro atoms. The number of imidazole rings is 1. The first-order chi connectivity index (χ1) is 10.3. The molecule has 21 heavy (non-hydrogen) atoms. The minimum atomic E-state index is -0.398. The molecule has 5 heteroatoms. The summed E-state index contributed by atoms with van der Waals surface area (Å²) in [6.07, 6.45) is 4.23. The summed E-state index contributed by atoms with van der Waals surface area (Å²) in [6, 6.07) is 8.22. The van der Waals surface area contributed by atoms with Crippen molar-refractivity contribution in [3.05, 3.63) is 53.6 Å². The minimum absolute atomic E-state index is 0.322. The van der Waals surface area contributed by atoms with Crippen molar-refractivity contribution in [2.75, 3.05) is 6.61 Å². The van der Waals surface area contributed by atoms with Crippen LogP contribution in [0.15, 0.2) is 36.7 Å². The van der Waals surface area contributed by atoms with Gasteiger partial charge in [-0.05, 0) is 12.5 Å². The molecule has 0 saturated carbocycles. The van der Waals surface area contributed by atoms with E-state index in [2.05, 4.69) is 22.1 Å². The first-order valence-corrected chi connectivity index (χ1v) is 6.90. The summed E-state index contributed by atoms with van der Waals surface area (Å²) in [6.45, 7) is 2.12. The molecule has 0 unspecified atom stereocenters. The summed E-state index contributed by atoms with van der Waals surface area (Å²) in [4.78, 5) is 20.6. The number of hydrogen-bond acceptors (Lipinski definition) is 4. The largest absolute Gasteiger partial charge is 0.461 e. The summed E-state index contributed by atoms with van der Waals surface area (Å²) in [7, 11) is 0. The molecule has 0 aliphatic heterocycles. The maximum absolute atomic E-state index is 11.8. The molecule has 1 aromatic carbocycles. The number of carbonyl (C=O) groups excluding carboxylic acids is 1. The third-order valence-electron chi connectivity index (χ3n) is 3.72. The fourth-order valence-electron chi connectivity index (χ4n) is 2.80. The number of ether oxygens (including phenoxy) is 1. The number of aromatic nitrogens is 3. The van der Waals surface area contributed by atoms with Crippen LogP contribution in [0.25, 0.3) is 16.9 Å². The smallest absolute Gasteiger partial charge is 0.358 e. The molecule has 2 aromatic heterocycles. The lowest BCUT2D eigenvalue weighted by Crippen LogP contribution is -2.04. The Morgan fingerprint density at radius 3 is 3.10 bits per heavy atom. The standard InChI is InChI=1S/C16H13N3O2/c1-2-21-16(20)12-9-19-13-7-10-5-3-4-6-11(10)15(13)17-8-14(19)18-12/h3-6,8-9H,2,7H2,1H3. The van der Waals surface area contributed by atoms with E-state index in [1.54, 1.807) is 19.3 Å². The average Bonchev–Trinajstić information content (AvgIpc) is 3.08. The van der Waals surface area contributed by atoms with Crippen molar-refractivity contribution in [1.29, 1.82) is 0 Å². The SMILES string of the molecule is CCOC(=O)c1cn2c3c(ncc2n1)-c1ccccc1C3.